The zero-order chi connectivity index (χ0) is 14.3. The van der Waals surface area contributed by atoms with Crippen LogP contribution in [0.4, 0.5) is 0 Å². The van der Waals surface area contributed by atoms with E-state index in [1.165, 1.54) is 5.06 Å². The van der Waals surface area contributed by atoms with Gasteiger partial charge in [0.2, 0.25) is 0 Å². The van der Waals surface area contributed by atoms with Crippen molar-refractivity contribution in [3.05, 3.63) is 29.8 Å². The summed E-state index contributed by atoms with van der Waals surface area (Å²) in [5.74, 6) is 0.774. The van der Waals surface area contributed by atoms with E-state index in [-0.39, 0.29) is 12.8 Å². The van der Waals surface area contributed by atoms with Gasteiger partial charge < -0.3 is 15.1 Å². The van der Waals surface area contributed by atoms with Gasteiger partial charge >= 0.3 is 0 Å². The van der Waals surface area contributed by atoms with Crippen molar-refractivity contribution in [2.75, 3.05) is 13.7 Å². The van der Waals surface area contributed by atoms with Crippen LogP contribution in [0.3, 0.4) is 0 Å². The van der Waals surface area contributed by atoms with E-state index in [1.54, 1.807) is 7.11 Å². The Balaban J connectivity index is 2.31. The minimum Gasteiger partial charge on any atom is -0.497 e. The Kier molecular flexibility index (Phi) is 3.57. The summed E-state index contributed by atoms with van der Waals surface area (Å²) in [6.45, 7) is 5.64. The smallest absolute Gasteiger partial charge is 0.118 e. The van der Waals surface area contributed by atoms with Crippen LogP contribution in [0.1, 0.15) is 32.5 Å². The summed E-state index contributed by atoms with van der Waals surface area (Å²) >= 11 is 0. The van der Waals surface area contributed by atoms with Crippen LogP contribution < -0.4 is 10.1 Å². The second-order valence-electron chi connectivity index (χ2n) is 5.72. The molecule has 1 aliphatic rings. The summed E-state index contributed by atoms with van der Waals surface area (Å²) in [5, 5.41) is 24.6. The first kappa shape index (κ1) is 14.3. The SMILES string of the molecule is COc1ccc(C2NC(C)(C)C(C)(CO)N2O)cc1. The molecule has 1 fully saturated rings. The lowest BCUT2D eigenvalue weighted by Crippen LogP contribution is -2.57. The summed E-state index contributed by atoms with van der Waals surface area (Å²) in [6.07, 6.45) is -0.349. The third kappa shape index (κ3) is 2.12. The van der Waals surface area contributed by atoms with E-state index in [4.69, 9.17) is 4.74 Å². The Morgan fingerprint density at radius 1 is 1.26 bits per heavy atom. The van der Waals surface area contributed by atoms with Gasteiger partial charge in [0.25, 0.3) is 0 Å². The first-order valence-corrected chi connectivity index (χ1v) is 6.36. The molecule has 0 bridgehead atoms. The molecule has 0 spiro atoms. The van der Waals surface area contributed by atoms with Gasteiger partial charge in [0.1, 0.15) is 11.9 Å². The summed E-state index contributed by atoms with van der Waals surface area (Å²) < 4.78 is 5.13. The zero-order valence-corrected chi connectivity index (χ0v) is 11.8. The normalized spacial score (nSPS) is 30.5. The number of aliphatic hydroxyl groups is 1. The lowest BCUT2D eigenvalue weighted by atomic mass is 9.83. The van der Waals surface area contributed by atoms with E-state index in [2.05, 4.69) is 5.32 Å². The Morgan fingerprint density at radius 3 is 2.26 bits per heavy atom. The molecule has 3 N–H and O–H groups in total. The van der Waals surface area contributed by atoms with Crippen LogP contribution in [0, 0.1) is 0 Å². The highest BCUT2D eigenvalue weighted by atomic mass is 16.5. The number of hydrogen-bond acceptors (Lipinski definition) is 5. The highest BCUT2D eigenvalue weighted by Crippen LogP contribution is 2.40. The van der Waals surface area contributed by atoms with Crippen molar-refractivity contribution in [1.82, 2.24) is 10.4 Å². The van der Waals surface area contributed by atoms with Crippen LogP contribution in [0.2, 0.25) is 0 Å². The number of hydrogen-bond donors (Lipinski definition) is 3. The number of methoxy groups -OCH3 is 1. The topological polar surface area (TPSA) is 65.0 Å². The minimum absolute atomic E-state index is 0.129. The number of hydroxylamine groups is 2. The second kappa shape index (κ2) is 4.76. The van der Waals surface area contributed by atoms with Gasteiger partial charge in [-0.1, -0.05) is 12.1 Å². The zero-order valence-electron chi connectivity index (χ0n) is 11.8. The number of rotatable bonds is 3. The van der Waals surface area contributed by atoms with Gasteiger partial charge in [0.05, 0.1) is 19.3 Å². The predicted molar refractivity (Wildman–Crippen MR) is 72.1 cm³/mol. The van der Waals surface area contributed by atoms with Crippen molar-refractivity contribution in [3.8, 4) is 5.75 Å². The molecule has 0 radical (unpaired) electrons. The highest BCUT2D eigenvalue weighted by Gasteiger charge is 2.55. The molecule has 0 saturated carbocycles. The number of nitrogens with one attached hydrogen (secondary N) is 1. The third-order valence-electron chi connectivity index (χ3n) is 4.33. The monoisotopic (exact) mass is 266 g/mol. The lowest BCUT2D eigenvalue weighted by Gasteiger charge is -2.38. The van der Waals surface area contributed by atoms with Crippen molar-refractivity contribution < 1.29 is 15.1 Å². The van der Waals surface area contributed by atoms with Crippen molar-refractivity contribution >= 4 is 0 Å². The van der Waals surface area contributed by atoms with Gasteiger partial charge in [-0.05, 0) is 38.5 Å². The van der Waals surface area contributed by atoms with Crippen LogP contribution in [0.5, 0.6) is 5.75 Å². The molecular formula is C14H22N2O3. The van der Waals surface area contributed by atoms with Gasteiger partial charge in [-0.2, -0.15) is 5.06 Å². The molecule has 1 heterocycles. The quantitative estimate of drug-likeness (QED) is 0.774. The molecule has 1 aliphatic heterocycles. The first-order valence-electron chi connectivity index (χ1n) is 6.36. The van der Waals surface area contributed by atoms with Crippen molar-refractivity contribution in [3.63, 3.8) is 0 Å². The van der Waals surface area contributed by atoms with E-state index in [0.29, 0.717) is 0 Å². The van der Waals surface area contributed by atoms with Gasteiger partial charge in [-0.15, -0.1) is 0 Å². The highest BCUT2D eigenvalue weighted by molar-refractivity contribution is 5.30. The van der Waals surface area contributed by atoms with E-state index >= 15 is 0 Å². The average molecular weight is 266 g/mol. The standard InChI is InChI=1S/C14H22N2O3/c1-13(2)14(3,9-17)16(18)12(15-13)10-5-7-11(19-4)8-6-10/h5-8,12,15,17-18H,9H2,1-4H3. The van der Waals surface area contributed by atoms with E-state index in [0.717, 1.165) is 11.3 Å². The Bertz CT molecular complexity index is 447. The van der Waals surface area contributed by atoms with Crippen LogP contribution in [-0.4, -0.2) is 40.2 Å². The summed E-state index contributed by atoms with van der Waals surface area (Å²) in [5.41, 5.74) is -0.229. The molecule has 5 nitrogen and oxygen atoms in total. The lowest BCUT2D eigenvalue weighted by molar-refractivity contribution is -0.191. The van der Waals surface area contributed by atoms with Crippen LogP contribution in [0.25, 0.3) is 0 Å². The number of benzene rings is 1. The first-order chi connectivity index (χ1) is 8.85. The van der Waals surface area contributed by atoms with Crippen molar-refractivity contribution in [1.29, 1.82) is 0 Å². The van der Waals surface area contributed by atoms with Gasteiger partial charge in [-0.25, -0.2) is 0 Å². The largest absolute Gasteiger partial charge is 0.497 e. The molecule has 0 aliphatic carbocycles. The third-order valence-corrected chi connectivity index (χ3v) is 4.33. The molecule has 2 rings (SSSR count). The molecule has 19 heavy (non-hydrogen) atoms. The average Bonchev–Trinajstić information content (AvgIpc) is 2.60. The molecule has 0 amide bonds. The Labute approximate surface area is 113 Å². The summed E-state index contributed by atoms with van der Waals surface area (Å²) in [7, 11) is 1.62. The van der Waals surface area contributed by atoms with Crippen molar-refractivity contribution in [2.24, 2.45) is 0 Å². The van der Waals surface area contributed by atoms with Crippen LogP contribution >= 0.6 is 0 Å². The number of nitrogens with zero attached hydrogens (tertiary/aromatic N) is 1. The summed E-state index contributed by atoms with van der Waals surface area (Å²) in [4.78, 5) is 0. The molecule has 2 unspecified atom stereocenters. The van der Waals surface area contributed by atoms with Gasteiger partial charge in [-0.3, -0.25) is 5.32 Å². The number of aliphatic hydroxyl groups excluding tert-OH is 1. The molecule has 0 aromatic heterocycles. The Hall–Kier alpha value is -1.14. The fourth-order valence-corrected chi connectivity index (χ4v) is 2.41. The van der Waals surface area contributed by atoms with Crippen LogP contribution in [-0.2, 0) is 0 Å². The molecule has 2 atom stereocenters. The minimum atomic E-state index is -0.738. The fourth-order valence-electron chi connectivity index (χ4n) is 2.41. The van der Waals surface area contributed by atoms with E-state index in [1.807, 2.05) is 45.0 Å². The van der Waals surface area contributed by atoms with Gasteiger partial charge in [0.15, 0.2) is 0 Å². The second-order valence-corrected chi connectivity index (χ2v) is 5.72. The van der Waals surface area contributed by atoms with E-state index in [9.17, 15) is 10.3 Å². The Morgan fingerprint density at radius 2 is 1.84 bits per heavy atom. The van der Waals surface area contributed by atoms with Crippen molar-refractivity contribution in [2.45, 2.75) is 38.0 Å². The molecule has 5 heteroatoms. The molecule has 1 saturated heterocycles. The van der Waals surface area contributed by atoms with Crippen LogP contribution in [0.15, 0.2) is 24.3 Å². The van der Waals surface area contributed by atoms with Gasteiger partial charge in [0, 0.05) is 5.54 Å². The molecule has 1 aromatic carbocycles. The van der Waals surface area contributed by atoms with E-state index < -0.39 is 11.1 Å². The fraction of sp³-hybridized carbons (Fsp3) is 0.571. The molecule has 106 valence electrons. The maximum absolute atomic E-state index is 10.4. The molecule has 1 aromatic rings. The number of ether oxygens (including phenoxy) is 1. The maximum atomic E-state index is 10.4. The maximum Gasteiger partial charge on any atom is 0.118 e. The predicted octanol–water partition coefficient (Wildman–Crippen LogP) is 1.52. The molecular weight excluding hydrogens is 244 g/mol. The summed E-state index contributed by atoms with van der Waals surface area (Å²) in [6, 6.07) is 7.51.